The second-order valence-electron chi connectivity index (χ2n) is 6.75. The first-order chi connectivity index (χ1) is 13.0. The molecule has 1 atom stereocenters. The highest BCUT2D eigenvalue weighted by atomic mass is 19.1. The number of rotatable bonds is 2. The topological polar surface area (TPSA) is 75.7 Å². The fourth-order valence-electron chi connectivity index (χ4n) is 4.22. The van der Waals surface area contributed by atoms with Crippen molar-refractivity contribution < 1.29 is 23.5 Å². The van der Waals surface area contributed by atoms with Gasteiger partial charge >= 0.3 is 5.97 Å². The Morgan fingerprint density at radius 3 is 2.78 bits per heavy atom. The SMILES string of the molecule is COC(=O)C1=C2C(=O)NCCN2C2=C(C(=O)CCC2)C1c1ccccc1F. The number of halogens is 1. The van der Waals surface area contributed by atoms with Crippen molar-refractivity contribution in [2.45, 2.75) is 25.2 Å². The number of methoxy groups -OCH3 is 1. The summed E-state index contributed by atoms with van der Waals surface area (Å²) in [5.74, 6) is -2.73. The molecule has 1 aromatic carbocycles. The van der Waals surface area contributed by atoms with Crippen LogP contribution in [0.25, 0.3) is 0 Å². The summed E-state index contributed by atoms with van der Waals surface area (Å²) in [4.78, 5) is 40.0. The summed E-state index contributed by atoms with van der Waals surface area (Å²) in [6, 6.07) is 6.03. The third-order valence-corrected chi connectivity index (χ3v) is 5.31. The van der Waals surface area contributed by atoms with Crippen LogP contribution in [0, 0.1) is 5.82 Å². The van der Waals surface area contributed by atoms with Gasteiger partial charge < -0.3 is 15.0 Å². The van der Waals surface area contributed by atoms with Gasteiger partial charge in [0.15, 0.2) is 5.78 Å². The Bertz CT molecular complexity index is 918. The second kappa shape index (κ2) is 6.64. The van der Waals surface area contributed by atoms with Crippen LogP contribution in [0.15, 0.2) is 46.8 Å². The molecule has 0 radical (unpaired) electrons. The van der Waals surface area contributed by atoms with Crippen molar-refractivity contribution in [2.24, 2.45) is 0 Å². The van der Waals surface area contributed by atoms with E-state index < -0.39 is 23.6 Å². The number of ketones is 1. The van der Waals surface area contributed by atoms with Gasteiger partial charge in [-0.15, -0.1) is 0 Å². The van der Waals surface area contributed by atoms with Gasteiger partial charge in [-0.05, 0) is 18.9 Å². The molecule has 0 spiro atoms. The van der Waals surface area contributed by atoms with E-state index in [-0.39, 0.29) is 22.6 Å². The number of Topliss-reactive ketones (excluding diaryl/α,β-unsaturated/α-hetero) is 1. The minimum absolute atomic E-state index is 0.0220. The lowest BCUT2D eigenvalue weighted by Crippen LogP contribution is -2.50. The Morgan fingerprint density at radius 1 is 1.26 bits per heavy atom. The molecule has 1 fully saturated rings. The van der Waals surface area contributed by atoms with Crippen LogP contribution < -0.4 is 5.32 Å². The monoisotopic (exact) mass is 370 g/mol. The van der Waals surface area contributed by atoms with Crippen LogP contribution in [0.3, 0.4) is 0 Å². The van der Waals surface area contributed by atoms with Crippen molar-refractivity contribution in [2.75, 3.05) is 20.2 Å². The first kappa shape index (κ1) is 17.5. The number of ether oxygens (including phenoxy) is 1. The molecular formula is C20H19FN2O4. The molecule has 2 heterocycles. The predicted octanol–water partition coefficient (Wildman–Crippen LogP) is 1.79. The van der Waals surface area contributed by atoms with Crippen molar-refractivity contribution in [1.29, 1.82) is 0 Å². The number of hydrogen-bond acceptors (Lipinski definition) is 5. The fraction of sp³-hybridized carbons (Fsp3) is 0.350. The van der Waals surface area contributed by atoms with E-state index in [1.165, 1.54) is 13.2 Å². The summed E-state index contributed by atoms with van der Waals surface area (Å²) >= 11 is 0. The molecule has 2 aliphatic heterocycles. The molecule has 3 aliphatic rings. The van der Waals surface area contributed by atoms with Crippen LogP contribution in [0.1, 0.15) is 30.7 Å². The van der Waals surface area contributed by atoms with Crippen LogP contribution in [0.5, 0.6) is 0 Å². The standard InChI is InChI=1S/C20H19FN2O4/c1-27-20(26)17-15(11-5-2-3-6-12(11)21)16-13(7-4-8-14(16)24)23-10-9-22-19(25)18(17)23/h2-3,5-6,15H,4,7-10H2,1H3,(H,22,25). The molecule has 0 aromatic heterocycles. The van der Waals surface area contributed by atoms with Crippen molar-refractivity contribution in [1.82, 2.24) is 10.2 Å². The van der Waals surface area contributed by atoms with E-state index in [2.05, 4.69) is 5.32 Å². The predicted molar refractivity (Wildman–Crippen MR) is 93.8 cm³/mol. The van der Waals surface area contributed by atoms with Gasteiger partial charge in [-0.25, -0.2) is 9.18 Å². The Morgan fingerprint density at radius 2 is 2.04 bits per heavy atom. The number of benzene rings is 1. The first-order valence-corrected chi connectivity index (χ1v) is 8.93. The Kier molecular flexibility index (Phi) is 4.30. The van der Waals surface area contributed by atoms with Crippen LogP contribution in [0.2, 0.25) is 0 Å². The lowest BCUT2D eigenvalue weighted by atomic mass is 9.74. The number of esters is 1. The summed E-state index contributed by atoms with van der Waals surface area (Å²) in [6.07, 6.45) is 1.62. The Hall–Kier alpha value is -2.96. The number of nitrogens with one attached hydrogen (secondary N) is 1. The molecule has 1 saturated heterocycles. The van der Waals surface area contributed by atoms with Crippen molar-refractivity contribution in [3.8, 4) is 0 Å². The maximum Gasteiger partial charge on any atom is 0.337 e. The Balaban J connectivity index is 2.04. The number of allylic oxidation sites excluding steroid dienone is 2. The van der Waals surface area contributed by atoms with Crippen molar-refractivity contribution in [3.63, 3.8) is 0 Å². The molecule has 4 rings (SSSR count). The van der Waals surface area contributed by atoms with Gasteiger partial charge in [0.25, 0.3) is 5.91 Å². The van der Waals surface area contributed by atoms with Crippen LogP contribution >= 0.6 is 0 Å². The molecule has 1 aliphatic carbocycles. The molecule has 140 valence electrons. The number of amides is 1. The number of carbonyl (C=O) groups excluding carboxylic acids is 3. The third-order valence-electron chi connectivity index (χ3n) is 5.31. The maximum atomic E-state index is 14.7. The number of fused-ring (bicyclic) bond motifs is 2. The molecule has 27 heavy (non-hydrogen) atoms. The molecule has 0 saturated carbocycles. The highest BCUT2D eigenvalue weighted by Crippen LogP contribution is 2.47. The molecule has 6 nitrogen and oxygen atoms in total. The lowest BCUT2D eigenvalue weighted by Gasteiger charge is -2.43. The van der Waals surface area contributed by atoms with E-state index in [0.29, 0.717) is 37.9 Å². The molecule has 0 bridgehead atoms. The highest BCUT2D eigenvalue weighted by Gasteiger charge is 2.46. The number of piperazine rings is 1. The molecular weight excluding hydrogens is 351 g/mol. The normalized spacial score (nSPS) is 22.3. The van der Waals surface area contributed by atoms with E-state index >= 15 is 0 Å². The van der Waals surface area contributed by atoms with Crippen LogP contribution in [0.4, 0.5) is 4.39 Å². The average Bonchev–Trinajstić information content (AvgIpc) is 2.67. The summed E-state index contributed by atoms with van der Waals surface area (Å²) < 4.78 is 19.6. The zero-order valence-corrected chi connectivity index (χ0v) is 14.9. The van der Waals surface area contributed by atoms with Crippen molar-refractivity contribution in [3.05, 3.63) is 58.2 Å². The number of hydrogen-bond donors (Lipinski definition) is 1. The molecule has 1 unspecified atom stereocenters. The first-order valence-electron chi connectivity index (χ1n) is 8.93. The van der Waals surface area contributed by atoms with Crippen LogP contribution in [-0.2, 0) is 19.1 Å². The summed E-state index contributed by atoms with van der Waals surface area (Å²) in [5.41, 5.74) is 1.51. The third kappa shape index (κ3) is 2.65. The summed E-state index contributed by atoms with van der Waals surface area (Å²) in [7, 11) is 1.21. The smallest absolute Gasteiger partial charge is 0.337 e. The van der Waals surface area contributed by atoms with E-state index in [9.17, 15) is 18.8 Å². The van der Waals surface area contributed by atoms with Crippen LogP contribution in [-0.4, -0.2) is 42.8 Å². The highest BCUT2D eigenvalue weighted by molar-refractivity contribution is 6.09. The lowest BCUT2D eigenvalue weighted by molar-refractivity contribution is -0.137. The van der Waals surface area contributed by atoms with Gasteiger partial charge in [0, 0.05) is 36.3 Å². The summed E-state index contributed by atoms with van der Waals surface area (Å²) in [6.45, 7) is 0.865. The molecule has 1 N–H and O–H groups in total. The van der Waals surface area contributed by atoms with Gasteiger partial charge in [0.1, 0.15) is 11.5 Å². The van der Waals surface area contributed by atoms with Gasteiger partial charge in [-0.3, -0.25) is 9.59 Å². The van der Waals surface area contributed by atoms with Crippen molar-refractivity contribution >= 4 is 17.7 Å². The van der Waals surface area contributed by atoms with E-state index in [4.69, 9.17) is 4.74 Å². The Labute approximate surface area is 155 Å². The van der Waals surface area contributed by atoms with Gasteiger partial charge in [0.05, 0.1) is 18.6 Å². The van der Waals surface area contributed by atoms with E-state index in [1.807, 2.05) is 0 Å². The minimum Gasteiger partial charge on any atom is -0.466 e. The number of carbonyl (C=O) groups is 3. The fourth-order valence-corrected chi connectivity index (χ4v) is 4.22. The quantitative estimate of drug-likeness (QED) is 0.804. The maximum absolute atomic E-state index is 14.7. The number of nitrogens with zero attached hydrogens (tertiary/aromatic N) is 1. The average molecular weight is 370 g/mol. The van der Waals surface area contributed by atoms with Gasteiger partial charge in [0.2, 0.25) is 0 Å². The minimum atomic E-state index is -0.948. The zero-order valence-electron chi connectivity index (χ0n) is 14.9. The second-order valence-corrected chi connectivity index (χ2v) is 6.75. The van der Waals surface area contributed by atoms with E-state index in [0.717, 1.165) is 5.70 Å². The largest absolute Gasteiger partial charge is 0.466 e. The molecule has 7 heteroatoms. The van der Waals surface area contributed by atoms with Gasteiger partial charge in [-0.2, -0.15) is 0 Å². The zero-order chi connectivity index (χ0) is 19.1. The molecule has 1 aromatic rings. The van der Waals surface area contributed by atoms with Gasteiger partial charge in [-0.1, -0.05) is 18.2 Å². The molecule has 1 amide bonds. The van der Waals surface area contributed by atoms with E-state index in [1.54, 1.807) is 23.1 Å². The summed E-state index contributed by atoms with van der Waals surface area (Å²) in [5, 5.41) is 2.74.